The predicted octanol–water partition coefficient (Wildman–Crippen LogP) is 2.46. The number of halogens is 2. The fraction of sp³-hybridized carbons (Fsp3) is 0.533. The molecule has 1 aromatic carbocycles. The number of nitrogens with zero attached hydrogens (tertiary/aromatic N) is 1. The molecule has 0 saturated carbocycles. The molecule has 118 valence electrons. The molecule has 2 atom stereocenters. The molecule has 0 aliphatic carbocycles. The Morgan fingerprint density at radius 3 is 2.81 bits per heavy atom. The molecule has 21 heavy (non-hydrogen) atoms. The van der Waals surface area contributed by atoms with Crippen LogP contribution in [0.3, 0.4) is 0 Å². The number of likely N-dealkylation sites (tertiary alicyclic amines) is 1. The van der Waals surface area contributed by atoms with Crippen molar-refractivity contribution in [3.05, 3.63) is 29.6 Å². The van der Waals surface area contributed by atoms with Crippen LogP contribution in [0.25, 0.3) is 0 Å². The Morgan fingerprint density at radius 2 is 2.24 bits per heavy atom. The van der Waals surface area contributed by atoms with Gasteiger partial charge in [0.25, 0.3) is 5.91 Å². The largest absolute Gasteiger partial charge is 0.494 e. The summed E-state index contributed by atoms with van der Waals surface area (Å²) >= 11 is 0. The number of hydrogen-bond acceptors (Lipinski definition) is 3. The smallest absolute Gasteiger partial charge is 0.254 e. The lowest BCUT2D eigenvalue weighted by Crippen LogP contribution is -2.49. The van der Waals surface area contributed by atoms with Crippen molar-refractivity contribution < 1.29 is 13.9 Å². The van der Waals surface area contributed by atoms with Gasteiger partial charge in [0, 0.05) is 24.7 Å². The topological polar surface area (TPSA) is 55.6 Å². The number of piperidine rings is 1. The maximum absolute atomic E-state index is 13.7. The third-order valence-electron chi connectivity index (χ3n) is 3.91. The summed E-state index contributed by atoms with van der Waals surface area (Å²) in [5.41, 5.74) is 6.10. The van der Waals surface area contributed by atoms with Crippen LogP contribution in [0, 0.1) is 11.7 Å². The van der Waals surface area contributed by atoms with Crippen LogP contribution >= 0.6 is 12.4 Å². The summed E-state index contributed by atoms with van der Waals surface area (Å²) in [6.45, 7) is 3.28. The Hall–Kier alpha value is -1.33. The van der Waals surface area contributed by atoms with Gasteiger partial charge in [-0.25, -0.2) is 4.39 Å². The maximum Gasteiger partial charge on any atom is 0.254 e. The Morgan fingerprint density at radius 1 is 1.52 bits per heavy atom. The molecular weight excluding hydrogens is 295 g/mol. The van der Waals surface area contributed by atoms with E-state index in [2.05, 4.69) is 6.92 Å². The van der Waals surface area contributed by atoms with Gasteiger partial charge in [0.1, 0.15) is 0 Å². The van der Waals surface area contributed by atoms with E-state index in [9.17, 15) is 9.18 Å². The molecule has 2 unspecified atom stereocenters. The van der Waals surface area contributed by atoms with E-state index in [1.807, 2.05) is 0 Å². The highest BCUT2D eigenvalue weighted by atomic mass is 35.5. The van der Waals surface area contributed by atoms with Crippen LogP contribution in [0.1, 0.15) is 30.1 Å². The number of ether oxygens (including phenoxy) is 1. The lowest BCUT2D eigenvalue weighted by atomic mass is 9.92. The van der Waals surface area contributed by atoms with Crippen LogP contribution in [0.15, 0.2) is 18.2 Å². The first-order chi connectivity index (χ1) is 9.56. The summed E-state index contributed by atoms with van der Waals surface area (Å²) in [5.74, 6) is 0.0336. The number of rotatable bonds is 3. The first-order valence-electron chi connectivity index (χ1n) is 6.91. The molecule has 2 rings (SSSR count). The maximum atomic E-state index is 13.7. The molecule has 0 bridgehead atoms. The van der Waals surface area contributed by atoms with Gasteiger partial charge in [-0.2, -0.15) is 0 Å². The average molecular weight is 317 g/mol. The predicted molar refractivity (Wildman–Crippen MR) is 82.5 cm³/mol. The molecule has 6 heteroatoms. The molecule has 2 N–H and O–H groups in total. The van der Waals surface area contributed by atoms with Crippen molar-refractivity contribution in [1.82, 2.24) is 4.90 Å². The number of carbonyl (C=O) groups excluding carboxylic acids is 1. The Bertz CT molecular complexity index is 499. The first kappa shape index (κ1) is 17.7. The van der Waals surface area contributed by atoms with Gasteiger partial charge >= 0.3 is 0 Å². The normalized spacial score (nSPS) is 21.6. The number of amides is 1. The van der Waals surface area contributed by atoms with Gasteiger partial charge in [0.15, 0.2) is 11.6 Å². The molecule has 0 aromatic heterocycles. The second-order valence-electron chi connectivity index (χ2n) is 5.37. The van der Waals surface area contributed by atoms with E-state index in [4.69, 9.17) is 10.5 Å². The van der Waals surface area contributed by atoms with Crippen LogP contribution in [-0.2, 0) is 0 Å². The Kier molecular flexibility index (Phi) is 6.42. The zero-order valence-corrected chi connectivity index (χ0v) is 13.2. The van der Waals surface area contributed by atoms with Crippen molar-refractivity contribution in [3.8, 4) is 5.75 Å². The van der Waals surface area contributed by atoms with E-state index in [1.54, 1.807) is 11.0 Å². The number of methoxy groups -OCH3 is 1. The second-order valence-corrected chi connectivity index (χ2v) is 5.37. The molecule has 4 nitrogen and oxygen atoms in total. The molecule has 1 aromatic rings. The van der Waals surface area contributed by atoms with Crippen molar-refractivity contribution in [1.29, 1.82) is 0 Å². The molecule has 1 heterocycles. The van der Waals surface area contributed by atoms with Crippen LogP contribution in [0.5, 0.6) is 5.75 Å². The van der Waals surface area contributed by atoms with E-state index in [1.165, 1.54) is 19.2 Å². The fourth-order valence-corrected chi connectivity index (χ4v) is 2.71. The van der Waals surface area contributed by atoms with Crippen LogP contribution in [0.4, 0.5) is 4.39 Å². The highest BCUT2D eigenvalue weighted by molar-refractivity contribution is 5.94. The Balaban J connectivity index is 0.00000220. The number of hydrogen-bond donors (Lipinski definition) is 1. The van der Waals surface area contributed by atoms with E-state index in [-0.39, 0.29) is 30.1 Å². The highest BCUT2D eigenvalue weighted by Crippen LogP contribution is 2.25. The zero-order valence-electron chi connectivity index (χ0n) is 12.3. The van der Waals surface area contributed by atoms with Crippen LogP contribution in [-0.4, -0.2) is 37.0 Å². The molecule has 1 aliphatic heterocycles. The van der Waals surface area contributed by atoms with E-state index >= 15 is 0 Å². The van der Waals surface area contributed by atoms with E-state index in [0.29, 0.717) is 24.6 Å². The summed E-state index contributed by atoms with van der Waals surface area (Å²) in [6, 6.07) is 4.34. The summed E-state index contributed by atoms with van der Waals surface area (Å²) in [4.78, 5) is 14.3. The van der Waals surface area contributed by atoms with Crippen molar-refractivity contribution in [2.24, 2.45) is 11.7 Å². The number of carbonyl (C=O) groups is 1. The summed E-state index contributed by atoms with van der Waals surface area (Å²) in [6.07, 6.45) is 1.86. The van der Waals surface area contributed by atoms with Crippen LogP contribution < -0.4 is 10.5 Å². The minimum atomic E-state index is -0.520. The van der Waals surface area contributed by atoms with Crippen molar-refractivity contribution in [2.75, 3.05) is 20.2 Å². The lowest BCUT2D eigenvalue weighted by molar-refractivity contribution is 0.0573. The van der Waals surface area contributed by atoms with Crippen molar-refractivity contribution >= 4 is 18.3 Å². The monoisotopic (exact) mass is 316 g/mol. The van der Waals surface area contributed by atoms with Crippen molar-refractivity contribution in [2.45, 2.75) is 25.8 Å². The molecule has 1 amide bonds. The molecule has 0 spiro atoms. The van der Waals surface area contributed by atoms with Gasteiger partial charge in [-0.15, -0.1) is 12.4 Å². The lowest BCUT2D eigenvalue weighted by Gasteiger charge is -2.38. The van der Waals surface area contributed by atoms with Crippen LogP contribution in [0.2, 0.25) is 0 Å². The van der Waals surface area contributed by atoms with E-state index in [0.717, 1.165) is 12.8 Å². The number of benzene rings is 1. The standard InChI is InChI=1S/C15H21FN2O2.ClH/c1-10-5-6-18(12(7-10)9-17)15(19)11-3-4-14(20-2)13(16)8-11;/h3-4,8,10,12H,5-7,9,17H2,1-2H3;1H. The van der Waals surface area contributed by atoms with Gasteiger partial charge in [-0.1, -0.05) is 6.92 Å². The molecular formula is C15H22ClFN2O2. The van der Waals surface area contributed by atoms with Crippen molar-refractivity contribution in [3.63, 3.8) is 0 Å². The third-order valence-corrected chi connectivity index (χ3v) is 3.91. The van der Waals surface area contributed by atoms with Gasteiger partial charge in [-0.3, -0.25) is 4.79 Å². The zero-order chi connectivity index (χ0) is 14.7. The minimum Gasteiger partial charge on any atom is -0.494 e. The van der Waals surface area contributed by atoms with E-state index < -0.39 is 5.82 Å². The third kappa shape index (κ3) is 3.86. The second kappa shape index (κ2) is 7.61. The summed E-state index contributed by atoms with van der Waals surface area (Å²) in [7, 11) is 1.40. The number of nitrogens with two attached hydrogens (primary N) is 1. The summed E-state index contributed by atoms with van der Waals surface area (Å²) in [5, 5.41) is 0. The molecule has 1 aliphatic rings. The molecule has 0 radical (unpaired) electrons. The van der Waals surface area contributed by atoms with Gasteiger partial charge in [0.2, 0.25) is 0 Å². The van der Waals surface area contributed by atoms with Gasteiger partial charge in [-0.05, 0) is 37.0 Å². The molecule has 1 fully saturated rings. The van der Waals surface area contributed by atoms with Gasteiger partial charge < -0.3 is 15.4 Å². The average Bonchev–Trinajstić information content (AvgIpc) is 2.46. The molecule has 1 saturated heterocycles. The SMILES string of the molecule is COc1ccc(C(=O)N2CCC(C)CC2CN)cc1F.Cl. The first-order valence-corrected chi connectivity index (χ1v) is 6.91. The summed E-state index contributed by atoms with van der Waals surface area (Å²) < 4.78 is 18.6. The van der Waals surface area contributed by atoms with Gasteiger partial charge in [0.05, 0.1) is 7.11 Å². The highest BCUT2D eigenvalue weighted by Gasteiger charge is 2.29. The Labute approximate surface area is 130 Å². The minimum absolute atomic E-state index is 0. The quantitative estimate of drug-likeness (QED) is 0.932. The fourth-order valence-electron chi connectivity index (χ4n) is 2.71.